The third-order valence-electron chi connectivity index (χ3n) is 6.39. The van der Waals surface area contributed by atoms with Crippen molar-refractivity contribution in [2.75, 3.05) is 17.4 Å². The van der Waals surface area contributed by atoms with Crippen molar-refractivity contribution in [1.82, 2.24) is 10.2 Å². The minimum absolute atomic E-state index is 0.0529. The average molecular weight is 556 g/mol. The molecule has 7 nitrogen and oxygen atoms in total. The van der Waals surface area contributed by atoms with Gasteiger partial charge >= 0.3 is 0 Å². The highest BCUT2D eigenvalue weighted by Gasteiger charge is 2.33. The molecule has 0 aliphatic heterocycles. The lowest BCUT2D eigenvalue weighted by Gasteiger charge is -2.32. The summed E-state index contributed by atoms with van der Waals surface area (Å²) in [6.45, 7) is 9.02. The third-order valence-corrected chi connectivity index (χ3v) is 8.57. The van der Waals surface area contributed by atoms with Crippen LogP contribution in [0, 0.1) is 20.8 Å². The monoisotopic (exact) mass is 555 g/mol. The number of carbonyl (C=O) groups excluding carboxylic acids is 2. The van der Waals surface area contributed by atoms with Crippen molar-refractivity contribution in [3.8, 4) is 0 Å². The van der Waals surface area contributed by atoms with E-state index in [-0.39, 0.29) is 17.3 Å². The maximum atomic E-state index is 13.9. The van der Waals surface area contributed by atoms with Crippen LogP contribution < -0.4 is 9.62 Å². The molecule has 0 saturated heterocycles. The predicted molar refractivity (Wildman–Crippen MR) is 152 cm³/mol. The molecular formula is C29H34ClN3O4S. The van der Waals surface area contributed by atoms with Crippen LogP contribution in [0.25, 0.3) is 0 Å². The highest BCUT2D eigenvalue weighted by molar-refractivity contribution is 7.92. The number of aryl methyl sites for hydroxylation is 2. The van der Waals surface area contributed by atoms with Crippen molar-refractivity contribution >= 4 is 39.1 Å². The van der Waals surface area contributed by atoms with Crippen LogP contribution in [0.15, 0.2) is 71.6 Å². The molecule has 0 aliphatic rings. The molecule has 3 aromatic carbocycles. The van der Waals surface area contributed by atoms with Gasteiger partial charge in [0.2, 0.25) is 11.8 Å². The number of benzene rings is 3. The Morgan fingerprint density at radius 3 is 2.08 bits per heavy atom. The topological polar surface area (TPSA) is 86.8 Å². The fourth-order valence-electron chi connectivity index (χ4n) is 4.01. The molecule has 0 fully saturated rings. The number of halogens is 1. The first-order chi connectivity index (χ1) is 17.9. The number of nitrogens with zero attached hydrogens (tertiary/aromatic N) is 2. The highest BCUT2D eigenvalue weighted by Crippen LogP contribution is 2.31. The molecule has 0 radical (unpaired) electrons. The number of likely N-dealkylation sites (N-methyl/N-ethyl adjacent to an activating group) is 1. The molecule has 3 aromatic rings. The van der Waals surface area contributed by atoms with Crippen LogP contribution >= 0.6 is 11.6 Å². The summed E-state index contributed by atoms with van der Waals surface area (Å²) in [5, 5.41) is 3.14. The zero-order chi connectivity index (χ0) is 28.0. The van der Waals surface area contributed by atoms with Gasteiger partial charge in [-0.15, -0.1) is 0 Å². The van der Waals surface area contributed by atoms with E-state index in [4.69, 9.17) is 11.6 Å². The van der Waals surface area contributed by atoms with Crippen molar-refractivity contribution in [1.29, 1.82) is 0 Å². The molecule has 0 saturated carbocycles. The molecule has 0 aromatic heterocycles. The van der Waals surface area contributed by atoms with Crippen LogP contribution in [-0.4, -0.2) is 44.3 Å². The van der Waals surface area contributed by atoms with Gasteiger partial charge in [0.25, 0.3) is 10.0 Å². The van der Waals surface area contributed by atoms with Crippen LogP contribution in [0.1, 0.15) is 36.1 Å². The molecule has 2 amide bonds. The lowest BCUT2D eigenvalue weighted by molar-refractivity contribution is -0.139. The minimum atomic E-state index is -4.15. The molecule has 202 valence electrons. The number of nitrogens with one attached hydrogen (secondary N) is 1. The summed E-state index contributed by atoms with van der Waals surface area (Å²) in [5.41, 5.74) is 3.62. The molecule has 0 unspecified atom stereocenters. The molecule has 38 heavy (non-hydrogen) atoms. The molecule has 0 spiro atoms. The van der Waals surface area contributed by atoms with Crippen LogP contribution in [0.2, 0.25) is 5.02 Å². The van der Waals surface area contributed by atoms with Crippen molar-refractivity contribution in [2.45, 2.75) is 52.1 Å². The van der Waals surface area contributed by atoms with E-state index in [2.05, 4.69) is 5.32 Å². The molecule has 1 atom stereocenters. The Hall–Kier alpha value is -3.36. The van der Waals surface area contributed by atoms with Crippen LogP contribution in [0.3, 0.4) is 0 Å². The first kappa shape index (κ1) is 29.2. The van der Waals surface area contributed by atoms with Gasteiger partial charge in [-0.05, 0) is 70.0 Å². The van der Waals surface area contributed by atoms with Crippen LogP contribution in [0.5, 0.6) is 0 Å². The molecular weight excluding hydrogens is 522 g/mol. The SMILES string of the molecule is CCNC(=O)[C@H](C)N(Cc1ccc(C)cc1)C(=O)CN(c1cccc(Cl)c1C)S(=O)(=O)c1ccc(C)cc1. The van der Waals surface area contributed by atoms with Gasteiger partial charge in [-0.1, -0.05) is 65.2 Å². The maximum absolute atomic E-state index is 13.9. The fraction of sp³-hybridized carbons (Fsp3) is 0.310. The van der Waals surface area contributed by atoms with Gasteiger partial charge in [-0.2, -0.15) is 0 Å². The smallest absolute Gasteiger partial charge is 0.264 e. The second-order valence-electron chi connectivity index (χ2n) is 9.29. The Morgan fingerprint density at radius 2 is 1.50 bits per heavy atom. The minimum Gasteiger partial charge on any atom is -0.355 e. The van der Waals surface area contributed by atoms with Gasteiger partial charge in [-0.3, -0.25) is 13.9 Å². The maximum Gasteiger partial charge on any atom is 0.264 e. The summed E-state index contributed by atoms with van der Waals surface area (Å²) in [5.74, 6) is -0.834. The van der Waals surface area contributed by atoms with Gasteiger partial charge in [0.15, 0.2) is 0 Å². The summed E-state index contributed by atoms with van der Waals surface area (Å²) in [7, 11) is -4.15. The van der Waals surface area contributed by atoms with Gasteiger partial charge in [-0.25, -0.2) is 8.42 Å². The van der Waals surface area contributed by atoms with Crippen molar-refractivity contribution in [3.63, 3.8) is 0 Å². The lowest BCUT2D eigenvalue weighted by Crippen LogP contribution is -2.51. The molecule has 9 heteroatoms. The van der Waals surface area contributed by atoms with E-state index in [1.165, 1.54) is 17.0 Å². The first-order valence-corrected chi connectivity index (χ1v) is 14.2. The molecule has 0 heterocycles. The highest BCUT2D eigenvalue weighted by atomic mass is 35.5. The molecule has 3 rings (SSSR count). The van der Waals surface area contributed by atoms with E-state index < -0.39 is 28.5 Å². The largest absolute Gasteiger partial charge is 0.355 e. The first-order valence-electron chi connectivity index (χ1n) is 12.4. The number of rotatable bonds is 10. The van der Waals surface area contributed by atoms with Crippen LogP contribution in [0.4, 0.5) is 5.69 Å². The Labute approximate surface area is 230 Å². The summed E-state index contributed by atoms with van der Waals surface area (Å²) < 4.78 is 28.9. The van der Waals surface area contributed by atoms with E-state index >= 15 is 0 Å². The van der Waals surface area contributed by atoms with Gasteiger partial charge < -0.3 is 10.2 Å². The van der Waals surface area contributed by atoms with Gasteiger partial charge in [0.05, 0.1) is 10.6 Å². The Balaban J connectivity index is 2.07. The van der Waals surface area contributed by atoms with E-state index in [1.54, 1.807) is 51.1 Å². The van der Waals surface area contributed by atoms with Gasteiger partial charge in [0.1, 0.15) is 12.6 Å². The fourth-order valence-corrected chi connectivity index (χ4v) is 5.65. The van der Waals surface area contributed by atoms with Crippen molar-refractivity contribution in [3.05, 3.63) is 94.0 Å². The zero-order valence-corrected chi connectivity index (χ0v) is 23.9. The predicted octanol–water partition coefficient (Wildman–Crippen LogP) is 5.01. The number of amides is 2. The molecule has 0 aliphatic carbocycles. The molecule has 0 bridgehead atoms. The normalized spacial score (nSPS) is 12.1. The quantitative estimate of drug-likeness (QED) is 0.381. The summed E-state index contributed by atoms with van der Waals surface area (Å²) in [6, 6.07) is 18.2. The third kappa shape index (κ3) is 6.74. The van der Waals surface area contributed by atoms with E-state index in [0.29, 0.717) is 22.8 Å². The Morgan fingerprint density at radius 1 is 0.921 bits per heavy atom. The van der Waals surface area contributed by atoms with Gasteiger partial charge in [0, 0.05) is 18.1 Å². The second kappa shape index (κ2) is 12.5. The number of anilines is 1. The number of sulfonamides is 1. The van der Waals surface area contributed by atoms with E-state index in [1.807, 2.05) is 38.1 Å². The van der Waals surface area contributed by atoms with Crippen molar-refractivity contribution in [2.24, 2.45) is 0 Å². The standard InChI is InChI=1S/C29H34ClN3O4S/c1-6-31-29(35)23(5)32(18-24-14-10-20(2)11-15-24)28(34)19-33(27-9-7-8-26(30)22(27)4)38(36,37)25-16-12-21(3)13-17-25/h7-17,23H,6,18-19H2,1-5H3,(H,31,35)/t23-/m0/s1. The average Bonchev–Trinajstić information content (AvgIpc) is 2.88. The molecule has 1 N–H and O–H groups in total. The number of carbonyl (C=O) groups is 2. The Bertz CT molecular complexity index is 1390. The van der Waals surface area contributed by atoms with E-state index in [9.17, 15) is 18.0 Å². The summed E-state index contributed by atoms with van der Waals surface area (Å²) in [4.78, 5) is 28.1. The number of hydrogen-bond acceptors (Lipinski definition) is 4. The van der Waals surface area contributed by atoms with Crippen LogP contribution in [-0.2, 0) is 26.2 Å². The van der Waals surface area contributed by atoms with E-state index in [0.717, 1.165) is 21.0 Å². The Kier molecular flexibility index (Phi) is 9.57. The summed E-state index contributed by atoms with van der Waals surface area (Å²) in [6.07, 6.45) is 0. The second-order valence-corrected chi connectivity index (χ2v) is 11.6. The number of hydrogen-bond donors (Lipinski definition) is 1. The van der Waals surface area contributed by atoms with Crippen molar-refractivity contribution < 1.29 is 18.0 Å². The lowest BCUT2D eigenvalue weighted by atomic mass is 10.1. The zero-order valence-electron chi connectivity index (χ0n) is 22.4. The summed E-state index contributed by atoms with van der Waals surface area (Å²) >= 11 is 6.35.